The molecule has 2 aromatic rings. The average molecular weight is 253 g/mol. The van der Waals surface area contributed by atoms with Gasteiger partial charge in [0.1, 0.15) is 0 Å². The van der Waals surface area contributed by atoms with E-state index in [0.29, 0.717) is 0 Å². The molecule has 0 aliphatic carbocycles. The van der Waals surface area contributed by atoms with E-state index in [4.69, 9.17) is 9.47 Å². The third-order valence-corrected chi connectivity index (χ3v) is 1.79. The standard InChI is InChI=1S/C7H7N7O4/c1-17-6-9-5(10-7(11-6)18-2)13-8-3-4(12-13)14(15)16/h3H,1-2H3. The first-order valence-electron chi connectivity index (χ1n) is 4.55. The number of methoxy groups -OCH3 is 2. The van der Waals surface area contributed by atoms with E-state index in [-0.39, 0.29) is 18.0 Å². The van der Waals surface area contributed by atoms with Gasteiger partial charge >= 0.3 is 23.8 Å². The fraction of sp³-hybridized carbons (Fsp3) is 0.286. The van der Waals surface area contributed by atoms with Gasteiger partial charge in [-0.2, -0.15) is 9.97 Å². The lowest BCUT2D eigenvalue weighted by molar-refractivity contribution is -0.389. The average Bonchev–Trinajstić information content (AvgIpc) is 2.87. The first-order chi connectivity index (χ1) is 8.63. The molecule has 0 aliphatic heterocycles. The molecule has 0 aliphatic rings. The van der Waals surface area contributed by atoms with Crippen LogP contribution in [0.1, 0.15) is 0 Å². The smallest absolute Gasteiger partial charge is 0.410 e. The Morgan fingerprint density at radius 3 is 2.28 bits per heavy atom. The van der Waals surface area contributed by atoms with Crippen LogP contribution >= 0.6 is 0 Å². The number of hydrogen-bond donors (Lipinski definition) is 0. The van der Waals surface area contributed by atoms with E-state index >= 15 is 0 Å². The van der Waals surface area contributed by atoms with Gasteiger partial charge in [0.25, 0.3) is 0 Å². The molecule has 0 saturated heterocycles. The Bertz CT molecular complexity index is 561. The predicted octanol–water partition coefficient (Wildman–Crippen LogP) is -0.622. The molecule has 0 radical (unpaired) electrons. The largest absolute Gasteiger partial charge is 0.467 e. The van der Waals surface area contributed by atoms with E-state index in [2.05, 4.69) is 25.1 Å². The van der Waals surface area contributed by atoms with E-state index in [1.807, 2.05) is 0 Å². The molecular formula is C7H7N7O4. The molecule has 0 atom stereocenters. The van der Waals surface area contributed by atoms with Crippen molar-refractivity contribution in [1.82, 2.24) is 29.9 Å². The monoisotopic (exact) mass is 253 g/mol. The molecule has 2 rings (SSSR count). The maximum absolute atomic E-state index is 10.5. The molecule has 0 amide bonds. The van der Waals surface area contributed by atoms with Gasteiger partial charge in [0, 0.05) is 0 Å². The second-order valence-electron chi connectivity index (χ2n) is 2.86. The summed E-state index contributed by atoms with van der Waals surface area (Å²) in [5.41, 5.74) is 0. The summed E-state index contributed by atoms with van der Waals surface area (Å²) in [4.78, 5) is 22.1. The van der Waals surface area contributed by atoms with Crippen LogP contribution in [-0.4, -0.2) is 49.1 Å². The summed E-state index contributed by atoms with van der Waals surface area (Å²) in [7, 11) is 2.72. The van der Waals surface area contributed by atoms with Crippen LogP contribution in [0, 0.1) is 10.1 Å². The van der Waals surface area contributed by atoms with Gasteiger partial charge < -0.3 is 19.6 Å². The number of aromatic nitrogens is 6. The molecule has 0 unspecified atom stereocenters. The van der Waals surface area contributed by atoms with Crippen molar-refractivity contribution in [3.05, 3.63) is 16.3 Å². The molecule has 0 aromatic carbocycles. The van der Waals surface area contributed by atoms with E-state index in [0.717, 1.165) is 11.0 Å². The third kappa shape index (κ3) is 2.14. The molecule has 0 fully saturated rings. The Labute approximate surface area is 99.6 Å². The minimum absolute atomic E-state index is 0.0168. The van der Waals surface area contributed by atoms with Crippen LogP contribution in [0.4, 0.5) is 5.82 Å². The van der Waals surface area contributed by atoms with Gasteiger partial charge in [0.2, 0.25) is 0 Å². The zero-order valence-electron chi connectivity index (χ0n) is 9.34. The number of nitro groups is 1. The van der Waals surface area contributed by atoms with Gasteiger partial charge in [-0.3, -0.25) is 0 Å². The first kappa shape index (κ1) is 11.6. The van der Waals surface area contributed by atoms with Crippen LogP contribution in [0.3, 0.4) is 0 Å². The summed E-state index contributed by atoms with van der Waals surface area (Å²) in [6.45, 7) is 0. The highest BCUT2D eigenvalue weighted by atomic mass is 16.6. The molecule has 2 aromatic heterocycles. The van der Waals surface area contributed by atoms with E-state index < -0.39 is 10.7 Å². The lowest BCUT2D eigenvalue weighted by atomic mass is 10.8. The van der Waals surface area contributed by atoms with Crippen molar-refractivity contribution < 1.29 is 14.4 Å². The molecule has 11 heteroatoms. The highest BCUT2D eigenvalue weighted by molar-refractivity contribution is 5.17. The number of hydrogen-bond acceptors (Lipinski definition) is 9. The number of nitrogens with zero attached hydrogens (tertiary/aromatic N) is 7. The molecule has 11 nitrogen and oxygen atoms in total. The summed E-state index contributed by atoms with van der Waals surface area (Å²) < 4.78 is 9.66. The quantitative estimate of drug-likeness (QED) is 0.516. The normalized spacial score (nSPS) is 10.1. The van der Waals surface area contributed by atoms with Crippen LogP contribution in [0.2, 0.25) is 0 Å². The molecular weight excluding hydrogens is 246 g/mol. The second kappa shape index (κ2) is 4.57. The van der Waals surface area contributed by atoms with Crippen LogP contribution in [0.25, 0.3) is 5.95 Å². The molecule has 0 N–H and O–H groups in total. The van der Waals surface area contributed by atoms with Crippen molar-refractivity contribution in [2.45, 2.75) is 0 Å². The van der Waals surface area contributed by atoms with Gasteiger partial charge in [0.05, 0.1) is 19.3 Å². The predicted molar refractivity (Wildman–Crippen MR) is 54.5 cm³/mol. The maximum Gasteiger partial charge on any atom is 0.410 e. The van der Waals surface area contributed by atoms with Gasteiger partial charge in [-0.05, 0) is 9.72 Å². The molecule has 0 saturated carbocycles. The van der Waals surface area contributed by atoms with Gasteiger partial charge in [-0.15, -0.1) is 10.1 Å². The Morgan fingerprint density at radius 2 is 1.83 bits per heavy atom. The van der Waals surface area contributed by atoms with Crippen molar-refractivity contribution >= 4 is 5.82 Å². The fourth-order valence-electron chi connectivity index (χ4n) is 1.03. The third-order valence-electron chi connectivity index (χ3n) is 1.79. The van der Waals surface area contributed by atoms with Crippen molar-refractivity contribution in [1.29, 1.82) is 0 Å². The topological polar surface area (TPSA) is 131 Å². The van der Waals surface area contributed by atoms with Gasteiger partial charge in [-0.1, -0.05) is 0 Å². The fourth-order valence-corrected chi connectivity index (χ4v) is 1.03. The molecule has 94 valence electrons. The van der Waals surface area contributed by atoms with E-state index in [9.17, 15) is 10.1 Å². The molecule has 2 heterocycles. The summed E-state index contributed by atoms with van der Waals surface area (Å²) in [6, 6.07) is -0.0337. The molecule has 18 heavy (non-hydrogen) atoms. The summed E-state index contributed by atoms with van der Waals surface area (Å²) in [5, 5.41) is 17.7. The highest BCUT2D eigenvalue weighted by Gasteiger charge is 2.18. The van der Waals surface area contributed by atoms with E-state index in [1.54, 1.807) is 0 Å². The lowest BCUT2D eigenvalue weighted by Crippen LogP contribution is -2.09. The van der Waals surface area contributed by atoms with Crippen molar-refractivity contribution in [3.63, 3.8) is 0 Å². The Kier molecular flexibility index (Phi) is 2.95. The van der Waals surface area contributed by atoms with E-state index in [1.165, 1.54) is 14.2 Å². The van der Waals surface area contributed by atoms with Gasteiger partial charge in [-0.25, -0.2) is 0 Å². The van der Waals surface area contributed by atoms with Gasteiger partial charge in [0.15, 0.2) is 6.20 Å². The summed E-state index contributed by atoms with van der Waals surface area (Å²) in [6.07, 6.45) is 0.975. The lowest BCUT2D eigenvalue weighted by Gasteiger charge is -2.01. The van der Waals surface area contributed by atoms with Crippen molar-refractivity contribution in [2.75, 3.05) is 14.2 Å². The minimum Gasteiger partial charge on any atom is -0.467 e. The maximum atomic E-state index is 10.5. The van der Waals surface area contributed by atoms with Crippen molar-refractivity contribution in [2.24, 2.45) is 0 Å². The Hall–Kier alpha value is -2.85. The number of rotatable bonds is 4. The first-order valence-corrected chi connectivity index (χ1v) is 4.55. The molecule has 0 spiro atoms. The molecule has 0 bridgehead atoms. The Morgan fingerprint density at radius 1 is 1.22 bits per heavy atom. The summed E-state index contributed by atoms with van der Waals surface area (Å²) in [5.74, 6) is -0.472. The zero-order valence-corrected chi connectivity index (χ0v) is 9.34. The minimum atomic E-state index is -0.681. The van der Waals surface area contributed by atoms with Crippen LogP contribution in [0.5, 0.6) is 12.0 Å². The zero-order chi connectivity index (χ0) is 13.1. The number of ether oxygens (including phenoxy) is 2. The van der Waals surface area contributed by atoms with Crippen molar-refractivity contribution in [3.8, 4) is 18.0 Å². The van der Waals surface area contributed by atoms with Crippen LogP contribution < -0.4 is 9.47 Å². The van der Waals surface area contributed by atoms with Crippen LogP contribution in [-0.2, 0) is 0 Å². The highest BCUT2D eigenvalue weighted by Crippen LogP contribution is 2.12. The second-order valence-corrected chi connectivity index (χ2v) is 2.86. The SMILES string of the molecule is COc1nc(OC)nc(-n2ncc([N+](=O)[O-])n2)n1. The Balaban J connectivity index is 2.45. The van der Waals surface area contributed by atoms with Crippen LogP contribution in [0.15, 0.2) is 6.20 Å². The summed E-state index contributed by atoms with van der Waals surface area (Å²) >= 11 is 0.